The van der Waals surface area contributed by atoms with E-state index in [4.69, 9.17) is 0 Å². The zero-order chi connectivity index (χ0) is 18.0. The summed E-state index contributed by atoms with van der Waals surface area (Å²) in [5.41, 5.74) is 0.514. The topological polar surface area (TPSA) is 61.4 Å². The zero-order valence-corrected chi connectivity index (χ0v) is 13.8. The molecule has 0 aromatic heterocycles. The lowest BCUT2D eigenvalue weighted by atomic mass is 10.2. The van der Waals surface area contributed by atoms with Crippen LogP contribution in [0.15, 0.2) is 23.1 Å². The van der Waals surface area contributed by atoms with E-state index in [1.165, 1.54) is 11.0 Å². The first-order valence-electron chi connectivity index (χ1n) is 7.38. The molecule has 136 valence electrons. The summed E-state index contributed by atoms with van der Waals surface area (Å²) in [5, 5.41) is 2.93. The number of sulfonamides is 1. The van der Waals surface area contributed by atoms with Crippen LogP contribution in [0.2, 0.25) is 0 Å². The molecule has 1 atom stereocenters. The molecule has 1 unspecified atom stereocenters. The lowest BCUT2D eigenvalue weighted by Gasteiger charge is -2.35. The van der Waals surface area contributed by atoms with E-state index in [2.05, 4.69) is 5.32 Å². The number of halogens is 4. The molecule has 5 nitrogen and oxygen atoms in total. The third kappa shape index (κ3) is 4.65. The molecule has 0 amide bonds. The van der Waals surface area contributed by atoms with Crippen molar-refractivity contribution in [1.82, 2.24) is 14.9 Å². The van der Waals surface area contributed by atoms with Gasteiger partial charge >= 0.3 is 6.18 Å². The van der Waals surface area contributed by atoms with Gasteiger partial charge in [0.05, 0.1) is 0 Å². The molecule has 2 N–H and O–H groups in total. The average Bonchev–Trinajstić information content (AvgIpc) is 2.46. The molecule has 10 heteroatoms. The van der Waals surface area contributed by atoms with Gasteiger partial charge in [0.1, 0.15) is 16.8 Å². The zero-order valence-electron chi connectivity index (χ0n) is 13.0. The Labute approximate surface area is 138 Å². The van der Waals surface area contributed by atoms with E-state index in [0.29, 0.717) is 18.7 Å². The predicted molar refractivity (Wildman–Crippen MR) is 80.6 cm³/mol. The van der Waals surface area contributed by atoms with Crippen molar-refractivity contribution < 1.29 is 26.0 Å². The molecule has 0 spiro atoms. The van der Waals surface area contributed by atoms with Crippen LogP contribution in [-0.2, 0) is 10.0 Å². The predicted octanol–water partition coefficient (Wildman–Crippen LogP) is 1.25. The van der Waals surface area contributed by atoms with Gasteiger partial charge in [-0.2, -0.15) is 13.2 Å². The van der Waals surface area contributed by atoms with Gasteiger partial charge < -0.3 is 5.32 Å². The van der Waals surface area contributed by atoms with Crippen molar-refractivity contribution >= 4 is 10.0 Å². The highest BCUT2D eigenvalue weighted by atomic mass is 32.2. The monoisotopic (exact) mass is 369 g/mol. The first-order valence-corrected chi connectivity index (χ1v) is 8.87. The molecule has 2 rings (SSSR count). The highest BCUT2D eigenvalue weighted by Crippen LogP contribution is 2.25. The van der Waals surface area contributed by atoms with Crippen molar-refractivity contribution in [2.75, 3.05) is 32.7 Å². The van der Waals surface area contributed by atoms with Gasteiger partial charge in [-0.3, -0.25) is 4.90 Å². The average molecular weight is 369 g/mol. The summed E-state index contributed by atoms with van der Waals surface area (Å²) in [4.78, 5) is 0.513. The number of nitrogens with one attached hydrogen (secondary N) is 2. The summed E-state index contributed by atoms with van der Waals surface area (Å²) in [7, 11) is -4.37. The molecule has 0 radical (unpaired) electrons. The number of hydrogen-bond acceptors (Lipinski definition) is 4. The molecule has 1 aliphatic heterocycles. The lowest BCUT2D eigenvalue weighted by Crippen LogP contribution is -2.57. The van der Waals surface area contributed by atoms with Gasteiger partial charge in [0.25, 0.3) is 0 Å². The quantitative estimate of drug-likeness (QED) is 0.767. The molecule has 24 heavy (non-hydrogen) atoms. The van der Waals surface area contributed by atoms with Crippen LogP contribution in [0.5, 0.6) is 0 Å². The van der Waals surface area contributed by atoms with E-state index in [9.17, 15) is 26.0 Å². The molecule has 0 aliphatic carbocycles. The number of aryl methyl sites for hydroxylation is 1. The van der Waals surface area contributed by atoms with Crippen molar-refractivity contribution in [3.05, 3.63) is 29.6 Å². The van der Waals surface area contributed by atoms with E-state index in [0.717, 1.165) is 12.1 Å². The summed E-state index contributed by atoms with van der Waals surface area (Å²) in [6.45, 7) is 1.82. The number of benzene rings is 1. The Hall–Kier alpha value is -1.23. The largest absolute Gasteiger partial charge is 0.405 e. The third-order valence-corrected chi connectivity index (χ3v) is 5.27. The van der Waals surface area contributed by atoms with E-state index in [1.807, 2.05) is 4.72 Å². The summed E-state index contributed by atoms with van der Waals surface area (Å²) in [6, 6.07) is 1.49. The third-order valence-electron chi connectivity index (χ3n) is 3.81. The normalized spacial score (nSPS) is 18.5. The van der Waals surface area contributed by atoms with Crippen LogP contribution in [0.3, 0.4) is 0 Å². The smallest absolute Gasteiger partial charge is 0.314 e. The molecule has 1 saturated heterocycles. The molecule has 1 heterocycles. The minimum Gasteiger partial charge on any atom is -0.314 e. The van der Waals surface area contributed by atoms with Gasteiger partial charge in [-0.25, -0.2) is 17.5 Å². The fraction of sp³-hybridized carbons (Fsp3) is 0.571. The standard InChI is InChI=1S/C14H19F4N3O2S/c1-10-2-3-12(11(15)8-10)24(22,23)20-9-13(14(16,17)18)21-6-4-19-5-7-21/h2-3,8,13,19-20H,4-7,9H2,1H3. The summed E-state index contributed by atoms with van der Waals surface area (Å²) >= 11 is 0. The maximum atomic E-state index is 13.8. The maximum absolute atomic E-state index is 13.8. The van der Waals surface area contributed by atoms with Gasteiger partial charge in [-0.15, -0.1) is 0 Å². The minimum atomic E-state index is -4.59. The van der Waals surface area contributed by atoms with Gasteiger partial charge in [-0.1, -0.05) is 6.07 Å². The molecule has 1 aromatic rings. The number of nitrogens with zero attached hydrogens (tertiary/aromatic N) is 1. The number of piperazine rings is 1. The van der Waals surface area contributed by atoms with Crippen molar-refractivity contribution in [2.45, 2.75) is 24.0 Å². The van der Waals surface area contributed by atoms with Gasteiger partial charge in [-0.05, 0) is 24.6 Å². The van der Waals surface area contributed by atoms with Crippen LogP contribution in [-0.4, -0.2) is 58.3 Å². The number of hydrogen-bond donors (Lipinski definition) is 2. The summed E-state index contributed by atoms with van der Waals surface area (Å²) in [5.74, 6) is -0.992. The Kier molecular flexibility index (Phi) is 5.84. The Morgan fingerprint density at radius 2 is 1.92 bits per heavy atom. The fourth-order valence-electron chi connectivity index (χ4n) is 2.54. The second kappa shape index (κ2) is 7.34. The molecular formula is C14H19F4N3O2S. The van der Waals surface area contributed by atoms with E-state index in [1.54, 1.807) is 6.92 Å². The Bertz CT molecular complexity index is 673. The number of alkyl halides is 3. The molecule has 1 fully saturated rings. The molecule has 1 aromatic carbocycles. The van der Waals surface area contributed by atoms with Crippen LogP contribution < -0.4 is 10.0 Å². The fourth-order valence-corrected chi connectivity index (χ4v) is 3.63. The van der Waals surface area contributed by atoms with Crippen molar-refractivity contribution in [3.63, 3.8) is 0 Å². The summed E-state index contributed by atoms with van der Waals surface area (Å²) in [6.07, 6.45) is -4.59. The van der Waals surface area contributed by atoms with E-state index in [-0.39, 0.29) is 13.1 Å². The van der Waals surface area contributed by atoms with Crippen LogP contribution in [0.25, 0.3) is 0 Å². The highest BCUT2D eigenvalue weighted by Gasteiger charge is 2.44. The molecular weight excluding hydrogens is 350 g/mol. The number of rotatable bonds is 5. The first-order chi connectivity index (χ1) is 11.1. The maximum Gasteiger partial charge on any atom is 0.405 e. The van der Waals surface area contributed by atoms with Crippen molar-refractivity contribution in [3.8, 4) is 0 Å². The summed E-state index contributed by atoms with van der Waals surface area (Å²) < 4.78 is 79.7. The minimum absolute atomic E-state index is 0.158. The highest BCUT2D eigenvalue weighted by molar-refractivity contribution is 7.89. The second-order valence-corrected chi connectivity index (χ2v) is 7.36. The lowest BCUT2D eigenvalue weighted by molar-refractivity contribution is -0.182. The Morgan fingerprint density at radius 1 is 1.29 bits per heavy atom. The molecule has 1 aliphatic rings. The first kappa shape index (κ1) is 19.1. The van der Waals surface area contributed by atoms with Crippen LogP contribution in [0, 0.1) is 12.7 Å². The van der Waals surface area contributed by atoms with Crippen LogP contribution in [0.1, 0.15) is 5.56 Å². The molecule has 0 bridgehead atoms. The Balaban J connectivity index is 2.15. The van der Waals surface area contributed by atoms with Gasteiger partial charge in [0, 0.05) is 32.7 Å². The van der Waals surface area contributed by atoms with Crippen LogP contribution in [0.4, 0.5) is 17.6 Å². The van der Waals surface area contributed by atoms with E-state index < -0.39 is 39.5 Å². The SMILES string of the molecule is Cc1ccc(S(=O)(=O)NCC(N2CCNCC2)C(F)(F)F)c(F)c1. The molecule has 0 saturated carbocycles. The van der Waals surface area contributed by atoms with Crippen molar-refractivity contribution in [2.24, 2.45) is 0 Å². The van der Waals surface area contributed by atoms with Gasteiger partial charge in [0.15, 0.2) is 0 Å². The Morgan fingerprint density at radius 3 is 2.46 bits per heavy atom. The van der Waals surface area contributed by atoms with Crippen molar-refractivity contribution in [1.29, 1.82) is 0 Å². The van der Waals surface area contributed by atoms with Crippen LogP contribution >= 0.6 is 0 Å². The van der Waals surface area contributed by atoms with E-state index >= 15 is 0 Å². The van der Waals surface area contributed by atoms with Gasteiger partial charge in [0.2, 0.25) is 10.0 Å². The second-order valence-electron chi connectivity index (χ2n) is 5.63.